The summed E-state index contributed by atoms with van der Waals surface area (Å²) < 4.78 is 48.4. The van der Waals surface area contributed by atoms with Crippen LogP contribution in [0.1, 0.15) is 6.42 Å². The van der Waals surface area contributed by atoms with Crippen LogP contribution in [0.2, 0.25) is 0 Å². The Hall–Kier alpha value is -0.840. The standard InChI is InChI=1S/C7H7F4N/c8-6-3-4(12)1-2-5(6)7(9,10)11/h1-2,4H,3,12H2. The van der Waals surface area contributed by atoms with Gasteiger partial charge in [-0.05, 0) is 6.08 Å². The molecule has 0 radical (unpaired) electrons. The highest BCUT2D eigenvalue weighted by atomic mass is 19.4. The van der Waals surface area contributed by atoms with Gasteiger partial charge in [0.15, 0.2) is 0 Å². The van der Waals surface area contributed by atoms with Gasteiger partial charge in [0.2, 0.25) is 0 Å². The Balaban J connectivity index is 2.92. The van der Waals surface area contributed by atoms with Gasteiger partial charge in [-0.2, -0.15) is 13.2 Å². The van der Waals surface area contributed by atoms with Gasteiger partial charge in [0.05, 0.1) is 5.57 Å². The van der Waals surface area contributed by atoms with Crippen molar-refractivity contribution in [2.75, 3.05) is 0 Å². The lowest BCUT2D eigenvalue weighted by molar-refractivity contribution is -0.0904. The Kier molecular flexibility index (Phi) is 2.23. The fraction of sp³-hybridized carbons (Fsp3) is 0.429. The van der Waals surface area contributed by atoms with Gasteiger partial charge in [-0.15, -0.1) is 0 Å². The summed E-state index contributed by atoms with van der Waals surface area (Å²) >= 11 is 0. The number of halogens is 4. The Labute approximate surface area is 66.5 Å². The summed E-state index contributed by atoms with van der Waals surface area (Å²) in [7, 11) is 0. The predicted octanol–water partition coefficient (Wildman–Crippen LogP) is 2.06. The predicted molar refractivity (Wildman–Crippen MR) is 35.9 cm³/mol. The summed E-state index contributed by atoms with van der Waals surface area (Å²) in [6.45, 7) is 0. The first kappa shape index (κ1) is 9.25. The van der Waals surface area contributed by atoms with Crippen molar-refractivity contribution in [1.29, 1.82) is 0 Å². The highest BCUT2D eigenvalue weighted by Gasteiger charge is 2.36. The van der Waals surface area contributed by atoms with Crippen molar-refractivity contribution in [1.82, 2.24) is 0 Å². The van der Waals surface area contributed by atoms with E-state index in [-0.39, 0.29) is 6.42 Å². The number of hydrogen-bond acceptors (Lipinski definition) is 1. The maximum atomic E-state index is 12.6. The molecule has 2 N–H and O–H groups in total. The van der Waals surface area contributed by atoms with Crippen LogP contribution >= 0.6 is 0 Å². The van der Waals surface area contributed by atoms with E-state index in [9.17, 15) is 17.6 Å². The molecule has 0 bridgehead atoms. The monoisotopic (exact) mass is 181 g/mol. The van der Waals surface area contributed by atoms with E-state index < -0.39 is 23.6 Å². The van der Waals surface area contributed by atoms with Gasteiger partial charge < -0.3 is 5.73 Å². The summed E-state index contributed by atoms with van der Waals surface area (Å²) in [5.74, 6) is -1.18. The molecule has 1 rings (SSSR count). The molecule has 5 heteroatoms. The van der Waals surface area contributed by atoms with Gasteiger partial charge in [0.1, 0.15) is 5.83 Å². The van der Waals surface area contributed by atoms with Crippen LogP contribution in [0.5, 0.6) is 0 Å². The molecule has 0 saturated heterocycles. The van der Waals surface area contributed by atoms with Crippen LogP contribution in [0.3, 0.4) is 0 Å². The first-order chi connectivity index (χ1) is 5.41. The molecule has 1 atom stereocenters. The van der Waals surface area contributed by atoms with Crippen molar-refractivity contribution in [2.24, 2.45) is 5.73 Å². The number of allylic oxidation sites excluding steroid dienone is 2. The average Bonchev–Trinajstić information content (AvgIpc) is 1.83. The Bertz CT molecular complexity index is 238. The van der Waals surface area contributed by atoms with Gasteiger partial charge in [-0.1, -0.05) is 6.08 Å². The van der Waals surface area contributed by atoms with E-state index in [0.717, 1.165) is 6.08 Å². The number of rotatable bonds is 0. The van der Waals surface area contributed by atoms with Gasteiger partial charge >= 0.3 is 6.18 Å². The van der Waals surface area contributed by atoms with Crippen molar-refractivity contribution in [2.45, 2.75) is 18.6 Å². The normalized spacial score (nSPS) is 24.9. The molecule has 1 unspecified atom stereocenters. The van der Waals surface area contributed by atoms with Crippen molar-refractivity contribution in [3.05, 3.63) is 23.6 Å². The van der Waals surface area contributed by atoms with Crippen LogP contribution < -0.4 is 5.73 Å². The van der Waals surface area contributed by atoms with Crippen LogP contribution in [0.15, 0.2) is 23.6 Å². The van der Waals surface area contributed by atoms with E-state index in [1.807, 2.05) is 0 Å². The second-order valence-corrected chi connectivity index (χ2v) is 2.54. The Morgan fingerprint density at radius 3 is 2.42 bits per heavy atom. The topological polar surface area (TPSA) is 26.0 Å². The minimum Gasteiger partial charge on any atom is -0.324 e. The molecule has 1 nitrogen and oxygen atoms in total. The zero-order valence-corrected chi connectivity index (χ0v) is 6.03. The van der Waals surface area contributed by atoms with Gasteiger partial charge in [-0.3, -0.25) is 0 Å². The molecule has 12 heavy (non-hydrogen) atoms. The lowest BCUT2D eigenvalue weighted by Crippen LogP contribution is -2.23. The van der Waals surface area contributed by atoms with Crippen LogP contribution in [0.4, 0.5) is 17.6 Å². The molecule has 0 aromatic carbocycles. The smallest absolute Gasteiger partial charge is 0.324 e. The first-order valence-corrected chi connectivity index (χ1v) is 3.31. The van der Waals surface area contributed by atoms with E-state index in [1.165, 1.54) is 0 Å². The van der Waals surface area contributed by atoms with Gasteiger partial charge in [0, 0.05) is 12.5 Å². The third-order valence-electron chi connectivity index (χ3n) is 1.52. The van der Waals surface area contributed by atoms with E-state index in [1.54, 1.807) is 0 Å². The second-order valence-electron chi connectivity index (χ2n) is 2.54. The molecule has 0 amide bonds. The third-order valence-corrected chi connectivity index (χ3v) is 1.52. The molecule has 68 valence electrons. The SMILES string of the molecule is NC1C=CC(C(F)(F)F)=C(F)C1. The number of alkyl halides is 3. The largest absolute Gasteiger partial charge is 0.418 e. The van der Waals surface area contributed by atoms with E-state index in [2.05, 4.69) is 0 Å². The summed E-state index contributed by atoms with van der Waals surface area (Å²) in [6.07, 6.45) is -3.15. The molecule has 1 aliphatic carbocycles. The minimum atomic E-state index is -4.61. The van der Waals surface area contributed by atoms with E-state index in [4.69, 9.17) is 5.73 Å². The lowest BCUT2D eigenvalue weighted by Gasteiger charge is -2.16. The summed E-state index contributed by atoms with van der Waals surface area (Å²) in [5, 5.41) is 0. The molecule has 0 aromatic rings. The molecule has 0 aliphatic heterocycles. The van der Waals surface area contributed by atoms with Crippen molar-refractivity contribution in [3.8, 4) is 0 Å². The minimum absolute atomic E-state index is 0.370. The molecule has 0 heterocycles. The molecule has 1 aliphatic rings. The maximum Gasteiger partial charge on any atom is 0.418 e. The quantitative estimate of drug-likeness (QED) is 0.568. The summed E-state index contributed by atoms with van der Waals surface area (Å²) in [5.41, 5.74) is 3.98. The third kappa shape index (κ3) is 1.85. The van der Waals surface area contributed by atoms with Crippen molar-refractivity contribution >= 4 is 0 Å². The van der Waals surface area contributed by atoms with Gasteiger partial charge in [-0.25, -0.2) is 4.39 Å². The number of nitrogens with two attached hydrogens (primary N) is 1. The lowest BCUT2D eigenvalue weighted by atomic mass is 10.0. The van der Waals surface area contributed by atoms with Crippen LogP contribution in [0, 0.1) is 0 Å². The zero-order valence-electron chi connectivity index (χ0n) is 6.03. The Morgan fingerprint density at radius 1 is 1.42 bits per heavy atom. The van der Waals surface area contributed by atoms with E-state index in [0.29, 0.717) is 6.08 Å². The van der Waals surface area contributed by atoms with E-state index >= 15 is 0 Å². The Morgan fingerprint density at radius 2 is 2.00 bits per heavy atom. The van der Waals surface area contributed by atoms with Crippen LogP contribution in [-0.4, -0.2) is 12.2 Å². The van der Waals surface area contributed by atoms with Crippen LogP contribution in [0.25, 0.3) is 0 Å². The van der Waals surface area contributed by atoms with Gasteiger partial charge in [0.25, 0.3) is 0 Å². The molecular weight excluding hydrogens is 174 g/mol. The van der Waals surface area contributed by atoms with Crippen molar-refractivity contribution < 1.29 is 17.6 Å². The maximum absolute atomic E-state index is 12.6. The summed E-state index contributed by atoms with van der Waals surface area (Å²) in [4.78, 5) is 0. The molecule has 0 fully saturated rings. The fourth-order valence-electron chi connectivity index (χ4n) is 0.943. The average molecular weight is 181 g/mol. The highest BCUT2D eigenvalue weighted by molar-refractivity contribution is 5.32. The molecule has 0 saturated carbocycles. The number of hydrogen-bond donors (Lipinski definition) is 1. The first-order valence-electron chi connectivity index (χ1n) is 3.31. The molecule has 0 spiro atoms. The fourth-order valence-corrected chi connectivity index (χ4v) is 0.943. The zero-order chi connectivity index (χ0) is 9.35. The second kappa shape index (κ2) is 2.90. The summed E-state index contributed by atoms with van der Waals surface area (Å²) in [6, 6.07) is -0.643. The molecular formula is C7H7F4N. The van der Waals surface area contributed by atoms with Crippen molar-refractivity contribution in [3.63, 3.8) is 0 Å². The highest BCUT2D eigenvalue weighted by Crippen LogP contribution is 2.33. The van der Waals surface area contributed by atoms with Crippen LogP contribution in [-0.2, 0) is 0 Å². The molecule has 0 aromatic heterocycles.